The molecule has 0 N–H and O–H groups in total. The first-order chi connectivity index (χ1) is 7.82. The monoisotopic (exact) mass is 292 g/mol. The molecule has 2 aromatic rings. The number of fused-ring (bicyclic) bond motifs is 1. The summed E-state index contributed by atoms with van der Waals surface area (Å²) in [7, 11) is 2.63. The van der Waals surface area contributed by atoms with Crippen LogP contribution in [0.1, 0.15) is 0 Å². The molecule has 0 atom stereocenters. The molecule has 0 bridgehead atoms. The molecule has 0 unspecified atom stereocenters. The van der Waals surface area contributed by atoms with E-state index in [1.807, 2.05) is 0 Å². The molecule has 0 fully saturated rings. The third-order valence-electron chi connectivity index (χ3n) is 2.24. The van der Waals surface area contributed by atoms with Crippen molar-refractivity contribution in [1.29, 1.82) is 0 Å². The first-order valence-corrected chi connectivity index (χ1v) is 7.09. The van der Waals surface area contributed by atoms with Crippen molar-refractivity contribution in [2.75, 3.05) is 0 Å². The molecule has 2 rings (SSSR count). The average Bonchev–Trinajstić information content (AvgIpc) is 2.22. The summed E-state index contributed by atoms with van der Waals surface area (Å²) in [4.78, 5) is 15.4. The van der Waals surface area contributed by atoms with E-state index in [0.717, 1.165) is 4.57 Å². The van der Waals surface area contributed by atoms with Crippen LogP contribution in [0.15, 0.2) is 28.2 Å². The van der Waals surface area contributed by atoms with Gasteiger partial charge in [0.25, 0.3) is 14.6 Å². The molecular formula is C9H6Cl2N2O3S. The number of nitrogens with zero attached hydrogens (tertiary/aromatic N) is 2. The van der Waals surface area contributed by atoms with Crippen molar-refractivity contribution in [1.82, 2.24) is 9.55 Å². The molecule has 1 aromatic carbocycles. The molecule has 0 aliphatic rings. The molecule has 0 saturated heterocycles. The van der Waals surface area contributed by atoms with Crippen LogP contribution in [0.4, 0.5) is 0 Å². The maximum atomic E-state index is 11.9. The van der Waals surface area contributed by atoms with E-state index in [2.05, 4.69) is 4.98 Å². The van der Waals surface area contributed by atoms with Crippen molar-refractivity contribution in [3.05, 3.63) is 33.8 Å². The highest BCUT2D eigenvalue weighted by atomic mass is 35.7. The Morgan fingerprint density at radius 1 is 1.35 bits per heavy atom. The van der Waals surface area contributed by atoms with Crippen LogP contribution < -0.4 is 5.56 Å². The van der Waals surface area contributed by atoms with Crippen LogP contribution in [0, 0.1) is 0 Å². The fraction of sp³-hybridized carbons (Fsp3) is 0.111. The number of aromatic nitrogens is 2. The van der Waals surface area contributed by atoms with Crippen LogP contribution in [0.2, 0.25) is 5.02 Å². The quantitative estimate of drug-likeness (QED) is 0.747. The molecule has 5 nitrogen and oxygen atoms in total. The van der Waals surface area contributed by atoms with Gasteiger partial charge in [0.1, 0.15) is 4.90 Å². The van der Waals surface area contributed by atoms with Gasteiger partial charge in [-0.05, 0) is 12.1 Å². The second kappa shape index (κ2) is 3.97. The van der Waals surface area contributed by atoms with Crippen LogP contribution in [0.25, 0.3) is 10.9 Å². The van der Waals surface area contributed by atoms with Gasteiger partial charge in [0.15, 0.2) is 0 Å². The lowest BCUT2D eigenvalue weighted by Gasteiger charge is -2.05. The van der Waals surface area contributed by atoms with Gasteiger partial charge in [-0.1, -0.05) is 11.6 Å². The summed E-state index contributed by atoms with van der Waals surface area (Å²) in [6.45, 7) is 0. The van der Waals surface area contributed by atoms with E-state index in [1.165, 1.54) is 25.5 Å². The molecule has 90 valence electrons. The Morgan fingerprint density at radius 3 is 2.59 bits per heavy atom. The first-order valence-electron chi connectivity index (χ1n) is 4.41. The van der Waals surface area contributed by atoms with Crippen LogP contribution >= 0.6 is 22.3 Å². The van der Waals surface area contributed by atoms with Crippen molar-refractivity contribution in [3.8, 4) is 0 Å². The van der Waals surface area contributed by atoms with E-state index in [0.29, 0.717) is 0 Å². The van der Waals surface area contributed by atoms with E-state index < -0.39 is 19.5 Å². The average molecular weight is 293 g/mol. The molecule has 0 aliphatic heterocycles. The van der Waals surface area contributed by atoms with Gasteiger partial charge in [0, 0.05) is 17.7 Å². The predicted octanol–water partition coefficient (Wildman–Crippen LogP) is 1.51. The Bertz CT molecular complexity index is 762. The topological polar surface area (TPSA) is 69.0 Å². The lowest BCUT2D eigenvalue weighted by atomic mass is 10.2. The summed E-state index contributed by atoms with van der Waals surface area (Å²) in [5.41, 5.74) is -0.284. The molecule has 0 saturated carbocycles. The second-order valence-corrected chi connectivity index (χ2v) is 6.28. The minimum absolute atomic E-state index is 0.0994. The molecule has 0 spiro atoms. The van der Waals surface area contributed by atoms with Gasteiger partial charge in [-0.3, -0.25) is 4.79 Å². The Balaban J connectivity index is 3.16. The third kappa shape index (κ3) is 2.03. The van der Waals surface area contributed by atoms with Gasteiger partial charge in [0.05, 0.1) is 22.3 Å². The van der Waals surface area contributed by atoms with Crippen LogP contribution in [-0.4, -0.2) is 18.0 Å². The number of hydrogen-bond donors (Lipinski definition) is 0. The minimum atomic E-state index is -4.11. The highest BCUT2D eigenvalue weighted by Gasteiger charge is 2.21. The van der Waals surface area contributed by atoms with E-state index in [9.17, 15) is 13.2 Å². The molecule has 0 amide bonds. The summed E-state index contributed by atoms with van der Waals surface area (Å²) >= 11 is 5.77. The van der Waals surface area contributed by atoms with Crippen molar-refractivity contribution < 1.29 is 8.42 Å². The van der Waals surface area contributed by atoms with Gasteiger partial charge >= 0.3 is 0 Å². The standard InChI is InChI=1S/C9H6Cl2N2O3S/c1-13-4-12-6-3-2-5(10)8(17(11,15)16)7(6)9(13)14/h2-4H,1H3. The molecule has 0 radical (unpaired) electrons. The van der Waals surface area contributed by atoms with Crippen LogP contribution in [0.3, 0.4) is 0 Å². The number of hydrogen-bond acceptors (Lipinski definition) is 4. The molecule has 17 heavy (non-hydrogen) atoms. The Kier molecular flexibility index (Phi) is 2.89. The second-order valence-electron chi connectivity index (χ2n) is 3.37. The van der Waals surface area contributed by atoms with E-state index in [4.69, 9.17) is 22.3 Å². The van der Waals surface area contributed by atoms with Gasteiger partial charge in [-0.25, -0.2) is 13.4 Å². The van der Waals surface area contributed by atoms with Gasteiger partial charge in [0.2, 0.25) is 0 Å². The van der Waals surface area contributed by atoms with Gasteiger partial charge in [-0.15, -0.1) is 0 Å². The van der Waals surface area contributed by atoms with E-state index in [-0.39, 0.29) is 15.9 Å². The zero-order chi connectivity index (χ0) is 12.8. The van der Waals surface area contributed by atoms with Gasteiger partial charge < -0.3 is 4.57 Å². The third-order valence-corrected chi connectivity index (χ3v) is 4.04. The zero-order valence-corrected chi connectivity index (χ0v) is 10.8. The minimum Gasteiger partial charge on any atom is -0.302 e. The number of halogens is 2. The molecule has 8 heteroatoms. The highest BCUT2D eigenvalue weighted by Crippen LogP contribution is 2.29. The summed E-state index contributed by atoms with van der Waals surface area (Å²) in [6, 6.07) is 2.80. The lowest BCUT2D eigenvalue weighted by Crippen LogP contribution is -2.18. The Morgan fingerprint density at radius 2 is 2.00 bits per heavy atom. The predicted molar refractivity (Wildman–Crippen MR) is 65.0 cm³/mol. The largest absolute Gasteiger partial charge is 0.302 e. The SMILES string of the molecule is Cn1cnc2ccc(Cl)c(S(=O)(=O)Cl)c2c1=O. The maximum absolute atomic E-state index is 11.9. The highest BCUT2D eigenvalue weighted by molar-refractivity contribution is 8.14. The molecular weight excluding hydrogens is 287 g/mol. The van der Waals surface area contributed by atoms with Crippen molar-refractivity contribution >= 4 is 42.2 Å². The van der Waals surface area contributed by atoms with Crippen LogP contribution in [0.5, 0.6) is 0 Å². The lowest BCUT2D eigenvalue weighted by molar-refractivity contribution is 0.610. The summed E-state index contributed by atoms with van der Waals surface area (Å²) in [5, 5.41) is -0.199. The fourth-order valence-corrected chi connectivity index (χ4v) is 3.28. The number of rotatable bonds is 1. The first kappa shape index (κ1) is 12.3. The molecule has 1 aromatic heterocycles. The smallest absolute Gasteiger partial charge is 0.263 e. The molecule has 1 heterocycles. The van der Waals surface area contributed by atoms with E-state index in [1.54, 1.807) is 0 Å². The Hall–Kier alpha value is -1.11. The fourth-order valence-electron chi connectivity index (χ4n) is 1.48. The Labute approximate surface area is 106 Å². The summed E-state index contributed by atoms with van der Waals surface area (Å²) in [5.74, 6) is 0. The number of benzene rings is 1. The van der Waals surface area contributed by atoms with E-state index >= 15 is 0 Å². The summed E-state index contributed by atoms with van der Waals surface area (Å²) in [6.07, 6.45) is 1.29. The van der Waals surface area contributed by atoms with Gasteiger partial charge in [-0.2, -0.15) is 0 Å². The van der Waals surface area contributed by atoms with Crippen LogP contribution in [-0.2, 0) is 16.1 Å². The molecule has 0 aliphatic carbocycles. The summed E-state index contributed by atoms with van der Waals surface area (Å²) < 4.78 is 24.0. The van der Waals surface area contributed by atoms with Crippen molar-refractivity contribution in [3.63, 3.8) is 0 Å². The maximum Gasteiger partial charge on any atom is 0.263 e. The van der Waals surface area contributed by atoms with Crippen molar-refractivity contribution in [2.45, 2.75) is 4.90 Å². The zero-order valence-electron chi connectivity index (χ0n) is 8.52. The van der Waals surface area contributed by atoms with Crippen molar-refractivity contribution in [2.24, 2.45) is 7.05 Å². The normalized spacial score (nSPS) is 11.9. The number of aryl methyl sites for hydroxylation is 1.